The Kier molecular flexibility index (Phi) is 3.18. The summed E-state index contributed by atoms with van der Waals surface area (Å²) < 4.78 is 5.85. The molecule has 0 radical (unpaired) electrons. The number of H-pyrrole nitrogens is 1. The van der Waals surface area contributed by atoms with Crippen LogP contribution in [-0.2, 0) is 6.42 Å². The van der Waals surface area contributed by atoms with Crippen molar-refractivity contribution in [1.29, 1.82) is 0 Å². The number of rotatable bonds is 3. The molecule has 1 aliphatic rings. The quantitative estimate of drug-likeness (QED) is 0.926. The molecular formula is C15H17N3O2. The van der Waals surface area contributed by atoms with Crippen molar-refractivity contribution in [2.24, 2.45) is 0 Å². The second kappa shape index (κ2) is 5.00. The van der Waals surface area contributed by atoms with Crippen molar-refractivity contribution in [3.63, 3.8) is 0 Å². The van der Waals surface area contributed by atoms with Crippen LogP contribution in [0.3, 0.4) is 0 Å². The van der Waals surface area contributed by atoms with E-state index in [1.54, 1.807) is 18.1 Å². The minimum absolute atomic E-state index is 0.0189. The average Bonchev–Trinajstić information content (AvgIpc) is 3.03. The smallest absolute Gasteiger partial charge is 0.271 e. The van der Waals surface area contributed by atoms with Crippen LogP contribution in [0.15, 0.2) is 30.5 Å². The number of aryl methyl sites for hydroxylation is 1. The molecule has 104 valence electrons. The minimum atomic E-state index is -0.0647. The van der Waals surface area contributed by atoms with Crippen molar-refractivity contribution in [2.75, 3.05) is 13.6 Å². The van der Waals surface area contributed by atoms with Crippen LogP contribution in [0.25, 0.3) is 0 Å². The van der Waals surface area contributed by atoms with Crippen molar-refractivity contribution in [2.45, 2.75) is 19.4 Å². The predicted molar refractivity (Wildman–Crippen MR) is 74.8 cm³/mol. The maximum atomic E-state index is 12.2. The van der Waals surface area contributed by atoms with Gasteiger partial charge in [0.1, 0.15) is 23.4 Å². The van der Waals surface area contributed by atoms with Gasteiger partial charge in [-0.25, -0.2) is 4.98 Å². The molecule has 2 aromatic rings. The summed E-state index contributed by atoms with van der Waals surface area (Å²) in [6.45, 7) is 2.39. The van der Waals surface area contributed by atoms with Crippen LogP contribution in [0.1, 0.15) is 21.9 Å². The molecule has 0 bridgehead atoms. The van der Waals surface area contributed by atoms with Crippen molar-refractivity contribution in [1.82, 2.24) is 14.9 Å². The Morgan fingerprint density at radius 3 is 3.00 bits per heavy atom. The number of aromatic amines is 1. The van der Waals surface area contributed by atoms with Crippen molar-refractivity contribution in [3.05, 3.63) is 47.5 Å². The molecule has 0 spiro atoms. The van der Waals surface area contributed by atoms with E-state index < -0.39 is 0 Å². The summed E-state index contributed by atoms with van der Waals surface area (Å²) >= 11 is 0. The highest BCUT2D eigenvalue weighted by Crippen LogP contribution is 2.28. The maximum absolute atomic E-state index is 12.2. The topological polar surface area (TPSA) is 58.2 Å². The maximum Gasteiger partial charge on any atom is 0.271 e. The first kappa shape index (κ1) is 12.7. The second-order valence-corrected chi connectivity index (χ2v) is 5.12. The van der Waals surface area contributed by atoms with Crippen LogP contribution in [0.2, 0.25) is 0 Å². The van der Waals surface area contributed by atoms with Crippen molar-refractivity contribution >= 4 is 5.91 Å². The van der Waals surface area contributed by atoms with Gasteiger partial charge in [0.2, 0.25) is 0 Å². The number of para-hydroxylation sites is 1. The summed E-state index contributed by atoms with van der Waals surface area (Å²) in [7, 11) is 1.78. The number of carbonyl (C=O) groups is 1. The predicted octanol–water partition coefficient (Wildman–Crippen LogP) is 1.79. The van der Waals surface area contributed by atoms with Gasteiger partial charge in [-0.15, -0.1) is 0 Å². The Hall–Kier alpha value is -2.30. The molecule has 0 unspecified atom stereocenters. The summed E-state index contributed by atoms with van der Waals surface area (Å²) in [5, 5.41) is 0. The molecule has 1 atom stereocenters. The zero-order valence-electron chi connectivity index (χ0n) is 11.6. The average molecular weight is 271 g/mol. The number of carbonyl (C=O) groups excluding carboxylic acids is 1. The largest absolute Gasteiger partial charge is 0.488 e. The molecule has 1 aliphatic heterocycles. The van der Waals surface area contributed by atoms with E-state index in [0.717, 1.165) is 18.0 Å². The minimum Gasteiger partial charge on any atom is -0.488 e. The van der Waals surface area contributed by atoms with Gasteiger partial charge in [-0.1, -0.05) is 18.2 Å². The number of imidazole rings is 1. The number of ether oxygens (including phenoxy) is 1. The lowest BCUT2D eigenvalue weighted by Gasteiger charge is -2.20. The lowest BCUT2D eigenvalue weighted by atomic mass is 10.1. The van der Waals surface area contributed by atoms with Gasteiger partial charge in [0, 0.05) is 13.5 Å². The number of aromatic nitrogens is 2. The highest BCUT2D eigenvalue weighted by molar-refractivity contribution is 5.92. The molecule has 5 nitrogen and oxygen atoms in total. The van der Waals surface area contributed by atoms with Crippen LogP contribution >= 0.6 is 0 Å². The third-order valence-electron chi connectivity index (χ3n) is 3.47. The second-order valence-electron chi connectivity index (χ2n) is 5.12. The first-order valence-electron chi connectivity index (χ1n) is 6.65. The number of nitrogens with one attached hydrogen (secondary N) is 1. The first-order valence-corrected chi connectivity index (χ1v) is 6.65. The fourth-order valence-electron chi connectivity index (χ4n) is 2.48. The van der Waals surface area contributed by atoms with Crippen molar-refractivity contribution in [3.8, 4) is 5.75 Å². The molecule has 0 saturated carbocycles. The zero-order valence-corrected chi connectivity index (χ0v) is 11.6. The van der Waals surface area contributed by atoms with Crippen LogP contribution in [0, 0.1) is 6.92 Å². The van der Waals surface area contributed by atoms with E-state index >= 15 is 0 Å². The number of amides is 1. The zero-order chi connectivity index (χ0) is 14.1. The molecule has 2 heterocycles. The Bertz CT molecular complexity index is 611. The third-order valence-corrected chi connectivity index (χ3v) is 3.47. The van der Waals surface area contributed by atoms with Gasteiger partial charge in [0.05, 0.1) is 12.7 Å². The molecule has 0 aliphatic carbocycles. The number of likely N-dealkylation sites (N-methyl/N-ethyl adjacent to an activating group) is 1. The Balaban J connectivity index is 1.63. The molecule has 3 rings (SSSR count). The van der Waals surface area contributed by atoms with E-state index in [2.05, 4.69) is 16.0 Å². The molecule has 1 aromatic heterocycles. The SMILES string of the molecule is Cc1ncc(C(=O)N(C)C[C@H]2Cc3ccccc3O2)[nH]1. The highest BCUT2D eigenvalue weighted by Gasteiger charge is 2.25. The number of benzene rings is 1. The van der Waals surface area contributed by atoms with Crippen LogP contribution in [0.5, 0.6) is 5.75 Å². The van der Waals surface area contributed by atoms with Gasteiger partial charge in [-0.05, 0) is 18.6 Å². The lowest BCUT2D eigenvalue weighted by molar-refractivity contribution is 0.0725. The summed E-state index contributed by atoms with van der Waals surface area (Å²) in [4.78, 5) is 20.9. The number of nitrogens with zero attached hydrogens (tertiary/aromatic N) is 2. The van der Waals surface area contributed by atoms with E-state index in [1.165, 1.54) is 5.56 Å². The summed E-state index contributed by atoms with van der Waals surface area (Å²) in [5.74, 6) is 1.60. The van der Waals surface area contributed by atoms with E-state index in [1.807, 2.05) is 25.1 Å². The van der Waals surface area contributed by atoms with Crippen LogP contribution in [-0.4, -0.2) is 40.5 Å². The van der Waals surface area contributed by atoms with Crippen LogP contribution in [0.4, 0.5) is 0 Å². The molecule has 5 heteroatoms. The van der Waals surface area contributed by atoms with Gasteiger partial charge < -0.3 is 14.6 Å². The fraction of sp³-hybridized carbons (Fsp3) is 0.333. The summed E-state index contributed by atoms with van der Waals surface area (Å²) in [5.41, 5.74) is 1.72. The Morgan fingerprint density at radius 2 is 2.30 bits per heavy atom. The molecule has 0 fully saturated rings. The van der Waals surface area contributed by atoms with Gasteiger partial charge in [-0.3, -0.25) is 4.79 Å². The molecular weight excluding hydrogens is 254 g/mol. The summed E-state index contributed by atoms with van der Waals surface area (Å²) in [6, 6.07) is 8.00. The molecule has 20 heavy (non-hydrogen) atoms. The summed E-state index contributed by atoms with van der Waals surface area (Å²) in [6.07, 6.45) is 2.43. The fourth-order valence-corrected chi connectivity index (χ4v) is 2.48. The standard InChI is InChI=1S/C15H17N3O2/c1-10-16-8-13(17-10)15(19)18(2)9-12-7-11-5-3-4-6-14(11)20-12/h3-6,8,12H,7,9H2,1-2H3,(H,16,17)/t12-/m1/s1. The van der Waals surface area contributed by atoms with Gasteiger partial charge in [0.25, 0.3) is 5.91 Å². The Morgan fingerprint density at radius 1 is 1.50 bits per heavy atom. The monoisotopic (exact) mass is 271 g/mol. The lowest BCUT2D eigenvalue weighted by Crippen LogP contribution is -2.36. The number of hydrogen-bond acceptors (Lipinski definition) is 3. The third kappa shape index (κ3) is 2.39. The number of fused-ring (bicyclic) bond motifs is 1. The first-order chi connectivity index (χ1) is 9.63. The molecule has 1 N–H and O–H groups in total. The van der Waals surface area contributed by atoms with E-state index in [0.29, 0.717) is 12.2 Å². The van der Waals surface area contributed by atoms with Crippen LogP contribution < -0.4 is 4.74 Å². The molecule has 1 aromatic carbocycles. The van der Waals surface area contributed by atoms with E-state index in [4.69, 9.17) is 4.74 Å². The van der Waals surface area contributed by atoms with Crippen molar-refractivity contribution < 1.29 is 9.53 Å². The van der Waals surface area contributed by atoms with Gasteiger partial charge in [0.15, 0.2) is 0 Å². The normalized spacial score (nSPS) is 16.6. The Labute approximate surface area is 117 Å². The molecule has 0 saturated heterocycles. The van der Waals surface area contributed by atoms with Gasteiger partial charge in [-0.2, -0.15) is 0 Å². The molecule has 1 amide bonds. The van der Waals surface area contributed by atoms with Gasteiger partial charge >= 0.3 is 0 Å². The van der Waals surface area contributed by atoms with E-state index in [9.17, 15) is 4.79 Å². The number of hydrogen-bond donors (Lipinski definition) is 1. The van der Waals surface area contributed by atoms with E-state index in [-0.39, 0.29) is 12.0 Å². The highest BCUT2D eigenvalue weighted by atomic mass is 16.5.